The van der Waals surface area contributed by atoms with Gasteiger partial charge in [0.2, 0.25) is 0 Å². The molecule has 0 amide bonds. The minimum Gasteiger partial charge on any atom is -0.491 e. The van der Waals surface area contributed by atoms with Gasteiger partial charge in [0.1, 0.15) is 5.75 Å². The Balaban J connectivity index is 2.51. The van der Waals surface area contributed by atoms with Gasteiger partial charge in [-0.1, -0.05) is 12.1 Å². The third kappa shape index (κ3) is 3.79. The monoisotopic (exact) mass is 194 g/mol. The molecule has 0 aliphatic heterocycles. The quantitative estimate of drug-likeness (QED) is 0.798. The molecule has 78 valence electrons. The van der Waals surface area contributed by atoms with E-state index in [2.05, 4.69) is 0 Å². The Kier molecular flexibility index (Phi) is 3.96. The highest BCUT2D eigenvalue weighted by atomic mass is 16.5. The summed E-state index contributed by atoms with van der Waals surface area (Å²) >= 11 is 0. The zero-order chi connectivity index (χ0) is 10.6. The van der Waals surface area contributed by atoms with Crippen LogP contribution < -0.4 is 4.74 Å². The SMILES string of the molecule is Cc1cccc(OC(C)CC(C)O)c1. The third-order valence-electron chi connectivity index (χ3n) is 2.00. The number of aliphatic hydroxyl groups is 1. The molecule has 1 aromatic carbocycles. The number of benzene rings is 1. The summed E-state index contributed by atoms with van der Waals surface area (Å²) in [5.41, 5.74) is 1.19. The zero-order valence-electron chi connectivity index (χ0n) is 9.03. The Morgan fingerprint density at radius 1 is 1.36 bits per heavy atom. The maximum absolute atomic E-state index is 9.18. The lowest BCUT2D eigenvalue weighted by atomic mass is 10.2. The number of aryl methyl sites for hydroxylation is 1. The van der Waals surface area contributed by atoms with Crippen LogP contribution in [0.5, 0.6) is 5.75 Å². The van der Waals surface area contributed by atoms with Crippen LogP contribution in [0.1, 0.15) is 25.8 Å². The second-order valence-corrected chi connectivity index (χ2v) is 3.83. The van der Waals surface area contributed by atoms with Crippen molar-refractivity contribution in [2.75, 3.05) is 0 Å². The van der Waals surface area contributed by atoms with Gasteiger partial charge < -0.3 is 9.84 Å². The van der Waals surface area contributed by atoms with E-state index < -0.39 is 0 Å². The van der Waals surface area contributed by atoms with Gasteiger partial charge in [0.25, 0.3) is 0 Å². The second-order valence-electron chi connectivity index (χ2n) is 3.83. The summed E-state index contributed by atoms with van der Waals surface area (Å²) in [4.78, 5) is 0. The van der Waals surface area contributed by atoms with E-state index in [0.29, 0.717) is 6.42 Å². The largest absolute Gasteiger partial charge is 0.491 e. The lowest BCUT2D eigenvalue weighted by molar-refractivity contribution is 0.115. The van der Waals surface area contributed by atoms with E-state index in [4.69, 9.17) is 4.74 Å². The molecular formula is C12H18O2. The average Bonchev–Trinajstić information content (AvgIpc) is 2.01. The lowest BCUT2D eigenvalue weighted by Gasteiger charge is -2.16. The van der Waals surface area contributed by atoms with Crippen LogP contribution in [0, 0.1) is 6.92 Å². The van der Waals surface area contributed by atoms with Gasteiger partial charge in [-0.15, -0.1) is 0 Å². The van der Waals surface area contributed by atoms with Gasteiger partial charge in [0, 0.05) is 6.42 Å². The normalized spacial score (nSPS) is 14.9. The number of ether oxygens (including phenoxy) is 1. The first-order valence-corrected chi connectivity index (χ1v) is 4.99. The van der Waals surface area contributed by atoms with E-state index in [9.17, 15) is 5.11 Å². The van der Waals surface area contributed by atoms with Gasteiger partial charge in [0.15, 0.2) is 0 Å². The van der Waals surface area contributed by atoms with Crippen LogP contribution >= 0.6 is 0 Å². The molecule has 0 aliphatic carbocycles. The number of hydrogen-bond acceptors (Lipinski definition) is 2. The van der Waals surface area contributed by atoms with Gasteiger partial charge in [-0.05, 0) is 38.5 Å². The van der Waals surface area contributed by atoms with Crippen molar-refractivity contribution in [2.24, 2.45) is 0 Å². The molecule has 2 unspecified atom stereocenters. The molecule has 0 aliphatic rings. The van der Waals surface area contributed by atoms with E-state index in [-0.39, 0.29) is 12.2 Å². The minimum atomic E-state index is -0.310. The molecule has 0 saturated carbocycles. The highest BCUT2D eigenvalue weighted by Gasteiger charge is 2.07. The van der Waals surface area contributed by atoms with Crippen molar-refractivity contribution in [3.63, 3.8) is 0 Å². The third-order valence-corrected chi connectivity index (χ3v) is 2.00. The lowest BCUT2D eigenvalue weighted by Crippen LogP contribution is -2.18. The van der Waals surface area contributed by atoms with Crippen molar-refractivity contribution < 1.29 is 9.84 Å². The van der Waals surface area contributed by atoms with Crippen LogP contribution in [0.25, 0.3) is 0 Å². The van der Waals surface area contributed by atoms with E-state index in [1.165, 1.54) is 5.56 Å². The van der Waals surface area contributed by atoms with Crippen molar-refractivity contribution in [1.82, 2.24) is 0 Å². The number of rotatable bonds is 4. The summed E-state index contributed by atoms with van der Waals surface area (Å²) in [6.45, 7) is 5.78. The maximum atomic E-state index is 9.18. The van der Waals surface area contributed by atoms with Crippen molar-refractivity contribution >= 4 is 0 Å². The molecule has 0 bridgehead atoms. The molecule has 0 aromatic heterocycles. The van der Waals surface area contributed by atoms with Crippen LogP contribution in [0.3, 0.4) is 0 Å². The Morgan fingerprint density at radius 3 is 2.64 bits per heavy atom. The molecule has 14 heavy (non-hydrogen) atoms. The predicted molar refractivity (Wildman–Crippen MR) is 57.6 cm³/mol. The Bertz CT molecular complexity index is 281. The minimum absolute atomic E-state index is 0.0526. The molecule has 1 N–H and O–H groups in total. The molecule has 1 rings (SSSR count). The Morgan fingerprint density at radius 2 is 2.07 bits per heavy atom. The highest BCUT2D eigenvalue weighted by Crippen LogP contribution is 2.15. The summed E-state index contributed by atoms with van der Waals surface area (Å²) in [6.07, 6.45) is 0.403. The van der Waals surface area contributed by atoms with E-state index >= 15 is 0 Å². The van der Waals surface area contributed by atoms with Crippen molar-refractivity contribution in [3.8, 4) is 5.75 Å². The summed E-state index contributed by atoms with van der Waals surface area (Å²) in [7, 11) is 0. The molecular weight excluding hydrogens is 176 g/mol. The molecule has 2 atom stereocenters. The molecule has 0 spiro atoms. The predicted octanol–water partition coefficient (Wildman–Crippen LogP) is 2.53. The fraction of sp³-hybridized carbons (Fsp3) is 0.500. The smallest absolute Gasteiger partial charge is 0.119 e. The van der Waals surface area contributed by atoms with Gasteiger partial charge in [-0.3, -0.25) is 0 Å². The van der Waals surface area contributed by atoms with Crippen molar-refractivity contribution in [1.29, 1.82) is 0 Å². The molecule has 2 heteroatoms. The topological polar surface area (TPSA) is 29.5 Å². The van der Waals surface area contributed by atoms with Crippen LogP contribution in [-0.2, 0) is 0 Å². The fourth-order valence-electron chi connectivity index (χ4n) is 1.45. The van der Waals surface area contributed by atoms with E-state index in [1.54, 1.807) is 6.92 Å². The summed E-state index contributed by atoms with van der Waals surface area (Å²) < 4.78 is 5.65. The second kappa shape index (κ2) is 5.01. The standard InChI is InChI=1S/C12H18O2/c1-9-5-4-6-12(7-9)14-11(3)8-10(2)13/h4-7,10-11,13H,8H2,1-3H3. The summed E-state index contributed by atoms with van der Waals surface area (Å²) in [6, 6.07) is 7.94. The van der Waals surface area contributed by atoms with Crippen molar-refractivity contribution in [3.05, 3.63) is 29.8 Å². The molecule has 2 nitrogen and oxygen atoms in total. The number of aliphatic hydroxyl groups excluding tert-OH is 1. The average molecular weight is 194 g/mol. The van der Waals surface area contributed by atoms with Crippen LogP contribution in [0.2, 0.25) is 0 Å². The summed E-state index contributed by atoms with van der Waals surface area (Å²) in [5, 5.41) is 9.18. The van der Waals surface area contributed by atoms with E-state index in [0.717, 1.165) is 5.75 Å². The molecule has 0 saturated heterocycles. The van der Waals surface area contributed by atoms with Gasteiger partial charge >= 0.3 is 0 Å². The molecule has 0 radical (unpaired) electrons. The van der Waals surface area contributed by atoms with Crippen LogP contribution in [0.4, 0.5) is 0 Å². The first-order chi connectivity index (χ1) is 6.58. The zero-order valence-corrected chi connectivity index (χ0v) is 9.03. The molecule has 0 fully saturated rings. The fourth-order valence-corrected chi connectivity index (χ4v) is 1.45. The van der Waals surface area contributed by atoms with Crippen LogP contribution in [-0.4, -0.2) is 17.3 Å². The van der Waals surface area contributed by atoms with Gasteiger partial charge in [0.05, 0.1) is 12.2 Å². The Hall–Kier alpha value is -1.02. The van der Waals surface area contributed by atoms with E-state index in [1.807, 2.05) is 38.1 Å². The van der Waals surface area contributed by atoms with Gasteiger partial charge in [-0.2, -0.15) is 0 Å². The summed E-state index contributed by atoms with van der Waals surface area (Å²) in [5.74, 6) is 0.873. The first kappa shape index (κ1) is 11.1. The maximum Gasteiger partial charge on any atom is 0.119 e. The highest BCUT2D eigenvalue weighted by molar-refractivity contribution is 5.27. The number of hydrogen-bond donors (Lipinski definition) is 1. The molecule has 1 aromatic rings. The van der Waals surface area contributed by atoms with Crippen LogP contribution in [0.15, 0.2) is 24.3 Å². The van der Waals surface area contributed by atoms with Crippen molar-refractivity contribution in [2.45, 2.75) is 39.4 Å². The molecule has 0 heterocycles. The van der Waals surface area contributed by atoms with Gasteiger partial charge in [-0.25, -0.2) is 0 Å². The Labute approximate surface area is 85.5 Å². The first-order valence-electron chi connectivity index (χ1n) is 4.99.